The van der Waals surface area contributed by atoms with Gasteiger partial charge < -0.3 is 49.2 Å². The molecule has 2 saturated carbocycles. The van der Waals surface area contributed by atoms with E-state index in [2.05, 4.69) is 46.8 Å². The normalized spacial score (nSPS) is 45.3. The minimum absolute atomic E-state index is 0.00739. The summed E-state index contributed by atoms with van der Waals surface area (Å²) < 4.78 is 28.8. The Morgan fingerprint density at radius 3 is 2.27 bits per heavy atom. The van der Waals surface area contributed by atoms with Crippen LogP contribution in [0.1, 0.15) is 92.4 Å². The molecule has 6 rings (SSSR count). The predicted octanol–water partition coefficient (Wildman–Crippen LogP) is 3.68. The van der Waals surface area contributed by atoms with E-state index in [0.717, 1.165) is 44.9 Å². The highest BCUT2D eigenvalue weighted by molar-refractivity contribution is 5.84. The monoisotopic (exact) mass is 720 g/mol. The molecule has 16 atom stereocenters. The van der Waals surface area contributed by atoms with Gasteiger partial charge in [0.1, 0.15) is 42.4 Å². The van der Waals surface area contributed by atoms with Crippen molar-refractivity contribution in [2.45, 2.75) is 148 Å². The zero-order chi connectivity index (χ0) is 36.8. The van der Waals surface area contributed by atoms with E-state index in [4.69, 9.17) is 23.7 Å². The highest BCUT2D eigenvalue weighted by atomic mass is 16.7. The number of hydrogen-bond donors (Lipinski definition) is 5. The van der Waals surface area contributed by atoms with E-state index in [1.54, 1.807) is 0 Å². The van der Waals surface area contributed by atoms with E-state index >= 15 is 0 Å². The van der Waals surface area contributed by atoms with Crippen molar-refractivity contribution in [2.24, 2.45) is 46.3 Å². The smallest absolute Gasteiger partial charge is 0.186 e. The molecule has 2 heterocycles. The summed E-state index contributed by atoms with van der Waals surface area (Å²) in [5.74, 6) is 2.18. The van der Waals surface area contributed by atoms with Crippen LogP contribution in [-0.4, -0.2) is 114 Å². The lowest BCUT2D eigenvalue weighted by molar-refractivity contribution is -0.290. The van der Waals surface area contributed by atoms with Gasteiger partial charge in [0.25, 0.3) is 0 Å². The van der Waals surface area contributed by atoms with Gasteiger partial charge >= 0.3 is 0 Å². The van der Waals surface area contributed by atoms with Gasteiger partial charge in [-0.3, -0.25) is 4.79 Å². The summed E-state index contributed by atoms with van der Waals surface area (Å²) in [6, 6.07) is 0. The number of aliphatic hydroxyl groups excluding tert-OH is 5. The first-order valence-electron chi connectivity index (χ1n) is 19.6. The summed E-state index contributed by atoms with van der Waals surface area (Å²) >= 11 is 0. The highest BCUT2D eigenvalue weighted by Crippen LogP contribution is 2.66. The molecule has 0 bridgehead atoms. The van der Waals surface area contributed by atoms with Gasteiger partial charge in [0.15, 0.2) is 12.6 Å². The largest absolute Gasteiger partial charge is 0.388 e. The second-order valence-electron chi connectivity index (χ2n) is 17.4. The number of fused-ring (bicyclic) bond motifs is 5. The Balaban J connectivity index is 1.05. The molecule has 4 aliphatic carbocycles. The second-order valence-corrected chi connectivity index (χ2v) is 17.4. The first-order chi connectivity index (χ1) is 24.2. The van der Waals surface area contributed by atoms with Crippen molar-refractivity contribution in [3.05, 3.63) is 23.3 Å². The summed E-state index contributed by atoms with van der Waals surface area (Å²) in [6.07, 6.45) is 4.81. The summed E-state index contributed by atoms with van der Waals surface area (Å²) in [5, 5.41) is 50.4. The molecular weight excluding hydrogens is 656 g/mol. The molecular formula is C40H64O11. The molecule has 11 heteroatoms. The van der Waals surface area contributed by atoms with Gasteiger partial charge in [-0.1, -0.05) is 57.9 Å². The van der Waals surface area contributed by atoms with E-state index in [1.807, 2.05) is 0 Å². The van der Waals surface area contributed by atoms with Crippen LogP contribution in [0.4, 0.5) is 0 Å². The average molecular weight is 721 g/mol. The molecule has 0 spiro atoms. The summed E-state index contributed by atoms with van der Waals surface area (Å²) in [6.45, 7) is 11.5. The standard InChI is InChI=1S/C40H64O11/c1-21(2)23(13-16-48-37-35(46)33(44)31(42)19-49-37)17-30(41)22(3)27-9-10-28-26-8-7-24-18-25(51-38-36(47-6)34(45)32(43)20-50-38)11-14-39(24,4)29(26)12-15-40(27,28)5/h7,9,21-23,25-26,28-29,31-38,42-46H,8,10-20H2,1-6H3/t22-,23-,25-,26-,28-,29-,31+,32+,33-,34-,35+,36+,37+,38+,39-,40+/m0/s1. The fourth-order valence-electron chi connectivity index (χ4n) is 10.9. The average Bonchev–Trinajstić information content (AvgIpc) is 3.46. The van der Waals surface area contributed by atoms with Gasteiger partial charge in [0, 0.05) is 19.4 Å². The van der Waals surface area contributed by atoms with Gasteiger partial charge in [-0.2, -0.15) is 0 Å². The number of carbonyl (C=O) groups is 1. The maximum Gasteiger partial charge on any atom is 0.186 e. The van der Waals surface area contributed by atoms with Crippen molar-refractivity contribution < 1.29 is 54.0 Å². The van der Waals surface area contributed by atoms with Crippen molar-refractivity contribution in [2.75, 3.05) is 26.9 Å². The molecule has 0 amide bonds. The van der Waals surface area contributed by atoms with Crippen molar-refractivity contribution in [1.29, 1.82) is 0 Å². The Kier molecular flexibility index (Phi) is 12.3. The SMILES string of the molecule is CO[C@H]1[C@@H](O[C@H]2CC[C@@]3(C)C(=CC[C@@H]4[C@@H]3CC[C@]3(C)C([C@H](C)C(=O)C[C@H](CCO[C@@H]5OC[C@@H](O)[C@H](O)[C@H]5O)C(C)C)=CC[C@@H]43)C2)OC[C@@H](O)[C@@H]1O. The topological polar surface area (TPSA) is 164 Å². The van der Waals surface area contributed by atoms with Crippen LogP contribution in [0.25, 0.3) is 0 Å². The Morgan fingerprint density at radius 1 is 0.882 bits per heavy atom. The van der Waals surface area contributed by atoms with E-state index in [9.17, 15) is 30.3 Å². The van der Waals surface area contributed by atoms with E-state index in [-0.39, 0.29) is 60.3 Å². The van der Waals surface area contributed by atoms with E-state index < -0.39 is 49.2 Å². The first-order valence-corrected chi connectivity index (χ1v) is 19.6. The van der Waals surface area contributed by atoms with Crippen molar-refractivity contribution >= 4 is 5.78 Å². The van der Waals surface area contributed by atoms with Crippen LogP contribution in [0, 0.1) is 46.3 Å². The minimum Gasteiger partial charge on any atom is -0.388 e. The van der Waals surface area contributed by atoms with Crippen LogP contribution in [0.3, 0.4) is 0 Å². The third-order valence-corrected chi connectivity index (χ3v) is 14.3. The number of methoxy groups -OCH3 is 1. The number of aliphatic hydroxyl groups is 5. The number of hydrogen-bond acceptors (Lipinski definition) is 11. The summed E-state index contributed by atoms with van der Waals surface area (Å²) in [7, 11) is 1.51. The first kappa shape index (κ1) is 39.4. The molecule has 6 aliphatic rings. The highest BCUT2D eigenvalue weighted by Gasteiger charge is 2.58. The number of allylic oxidation sites excluding steroid dienone is 3. The second kappa shape index (κ2) is 15.8. The number of ether oxygens (including phenoxy) is 5. The summed E-state index contributed by atoms with van der Waals surface area (Å²) in [5.41, 5.74) is 2.92. The maximum atomic E-state index is 14.0. The Hall–Kier alpha value is -1.25. The molecule has 0 aromatic rings. The van der Waals surface area contributed by atoms with Gasteiger partial charge in [-0.25, -0.2) is 0 Å². The Labute approximate surface area is 303 Å². The van der Waals surface area contributed by atoms with Gasteiger partial charge in [0.2, 0.25) is 0 Å². The van der Waals surface area contributed by atoms with Crippen molar-refractivity contribution in [3.63, 3.8) is 0 Å². The molecule has 0 aromatic carbocycles. The molecule has 4 fully saturated rings. The molecule has 290 valence electrons. The molecule has 2 saturated heterocycles. The van der Waals surface area contributed by atoms with Gasteiger partial charge in [0.05, 0.1) is 25.9 Å². The van der Waals surface area contributed by atoms with E-state index in [1.165, 1.54) is 18.3 Å². The minimum atomic E-state index is -1.32. The van der Waals surface area contributed by atoms with Gasteiger partial charge in [-0.15, -0.1) is 0 Å². The third kappa shape index (κ3) is 7.56. The van der Waals surface area contributed by atoms with Crippen LogP contribution in [0.5, 0.6) is 0 Å². The molecule has 0 aromatic heterocycles. The van der Waals surface area contributed by atoms with E-state index in [0.29, 0.717) is 30.6 Å². The fourth-order valence-corrected chi connectivity index (χ4v) is 10.9. The maximum absolute atomic E-state index is 14.0. The van der Waals surface area contributed by atoms with Crippen LogP contribution in [0.15, 0.2) is 23.3 Å². The van der Waals surface area contributed by atoms with Crippen molar-refractivity contribution in [3.8, 4) is 0 Å². The van der Waals surface area contributed by atoms with Crippen LogP contribution in [-0.2, 0) is 28.5 Å². The van der Waals surface area contributed by atoms with Crippen molar-refractivity contribution in [1.82, 2.24) is 0 Å². The molecule has 0 unspecified atom stereocenters. The van der Waals surface area contributed by atoms with Gasteiger partial charge in [-0.05, 0) is 91.8 Å². The molecule has 2 aliphatic heterocycles. The Morgan fingerprint density at radius 2 is 1.57 bits per heavy atom. The number of Topliss-reactive ketones (excluding diaryl/α,β-unsaturated/α-hetero) is 1. The number of ketones is 1. The molecule has 51 heavy (non-hydrogen) atoms. The molecule has 11 nitrogen and oxygen atoms in total. The van der Waals surface area contributed by atoms with Crippen LogP contribution in [0.2, 0.25) is 0 Å². The zero-order valence-electron chi connectivity index (χ0n) is 31.5. The number of rotatable bonds is 12. The lowest BCUT2D eigenvalue weighted by Crippen LogP contribution is -2.56. The van der Waals surface area contributed by atoms with Crippen LogP contribution < -0.4 is 0 Å². The predicted molar refractivity (Wildman–Crippen MR) is 188 cm³/mol. The third-order valence-electron chi connectivity index (χ3n) is 14.3. The zero-order valence-corrected chi connectivity index (χ0v) is 31.5. The summed E-state index contributed by atoms with van der Waals surface area (Å²) in [4.78, 5) is 14.0. The Bertz CT molecular complexity index is 1280. The lowest BCUT2D eigenvalue weighted by Gasteiger charge is -2.58. The number of carbonyl (C=O) groups excluding carboxylic acids is 1. The van der Waals surface area contributed by atoms with Crippen LogP contribution >= 0.6 is 0 Å². The fraction of sp³-hybridized carbons (Fsp3) is 0.875. The molecule has 0 radical (unpaired) electrons. The lowest BCUT2D eigenvalue weighted by atomic mass is 9.47. The quantitative estimate of drug-likeness (QED) is 0.187. The molecule has 5 N–H and O–H groups in total.